The topological polar surface area (TPSA) is 185 Å². The third kappa shape index (κ3) is 58.5. The summed E-state index contributed by atoms with van der Waals surface area (Å²) in [5, 5.41) is 55.4. The van der Waals surface area contributed by atoms with Gasteiger partial charge in [-0.25, -0.2) is 0 Å². The average Bonchev–Trinajstić information content (AvgIpc) is 0.833. The molecule has 8 N–H and O–H groups in total. The van der Waals surface area contributed by atoms with Crippen LogP contribution in [-0.4, -0.2) is 120 Å². The number of rotatable bonds is 10. The molecular weight excluding hydrogens is 1850 g/mol. The van der Waals surface area contributed by atoms with Gasteiger partial charge in [-0.1, -0.05) is 242 Å². The van der Waals surface area contributed by atoms with E-state index < -0.39 is 71.2 Å². The normalized spacial score (nSPS) is 14.0. The Morgan fingerprint density at radius 2 is 0.807 bits per heavy atom. The van der Waals surface area contributed by atoms with Crippen molar-refractivity contribution in [2.45, 2.75) is 25.7 Å². The smallest absolute Gasteiger partial charge is 0.870 e. The molecule has 8 aromatic rings. The maximum absolute atomic E-state index is 9.06. The SMILES string of the molecule is BrCCBr.BrCCOc1ccc(Br)cc1.Brc1ccc(OCCN2CCCC2)cc1.C1CCNC1.Oc1ccc(Br)cc1.[2H]C([2H])(Br)C([2H])([2H])Br.[2H]c1c([2H])c(Br)c([2H])c([2H])c1O.[2H]c1c([2H])c([2H])c(B(O)O)c([2H])c1[2H].[2H]c1cc(Br)cc([2H])c1O.[2H]c1cc(O)cc([2H])c1Br.[Na+].[OH-].c1ccccc1. The summed E-state index contributed by atoms with van der Waals surface area (Å²) in [6.07, 6.45) is 5.47. The van der Waals surface area contributed by atoms with Crippen LogP contribution in [0.3, 0.4) is 0 Å². The molecule has 2 saturated heterocycles. The average molecular weight is 1950 g/mol. The standard InChI is InChI=1S/C12H16BrNO.C8H8Br2O.C6H7BO2.4C6H5BrO.C6H6.C4H9N.2C2H4Br2.Na.H2O/c13-11-3-5-12(6-4-11)15-10-9-14-7-1-2-8-14;9-5-6-11-8-3-1-7(10)2-4-8;8-7(9)6-4-2-1-3-5-6;4*7-5-1-3-6(8)4-2-5;1-2-4-6-5-3-1;1-2-4-5-3-1;2*3-1-2-4;;/h3-6H,1-2,7-10H2;1-4H,5-6H2;1-5,8-9H;4*1-4,8H;1-6H;5H,1-4H2;2*1-2H2;;1H2/q;;;;;;;;;;;+1;/p-1/i;;1D,2D,3D,4D,5D;1D,2D,3D,4D;3D,4D;1D,2D;;;;1D2,2D2;;;. The van der Waals surface area contributed by atoms with E-state index in [1.54, 1.807) is 24.3 Å². The summed E-state index contributed by atoms with van der Waals surface area (Å²) in [5.74, 6) is 1.23. The Morgan fingerprint density at radius 1 is 0.432 bits per heavy atom. The molecule has 2 aliphatic heterocycles. The fourth-order valence-corrected chi connectivity index (χ4v) is 6.97. The first-order valence-electron chi connectivity index (χ1n) is 33.7. The Balaban J connectivity index is -0.00000110. The van der Waals surface area contributed by atoms with Crippen LogP contribution in [0.2, 0.25) is 0 Å². The maximum Gasteiger partial charge on any atom is 1.00 e. The number of hydrogen-bond donors (Lipinski definition) is 7. The third-order valence-corrected chi connectivity index (χ3v) is 15.2. The van der Waals surface area contributed by atoms with E-state index in [1.807, 2.05) is 84.9 Å². The second-order valence-corrected chi connectivity index (χ2v) is 24.1. The van der Waals surface area contributed by atoms with Gasteiger partial charge in [-0.05, 0) is 203 Å². The molecule has 0 bridgehead atoms. The molecule has 0 radical (unpaired) electrons. The number of nitrogens with one attached hydrogen (secondary N) is 1. The summed E-state index contributed by atoms with van der Waals surface area (Å²) in [6.45, 7) is 7.53. The first-order valence-corrected chi connectivity index (χ1v) is 34.9. The van der Waals surface area contributed by atoms with Crippen molar-refractivity contribution in [3.05, 3.63) is 239 Å². The number of aromatic hydroxyl groups is 4. The van der Waals surface area contributed by atoms with E-state index in [1.165, 1.54) is 76.1 Å². The molecule has 2 heterocycles. The minimum absolute atomic E-state index is 0. The number of hydrogen-bond acceptors (Lipinski definition) is 11. The van der Waals surface area contributed by atoms with Crippen molar-refractivity contribution in [3.63, 3.8) is 0 Å². The molecule has 0 aliphatic carbocycles. The number of halogens is 11. The molecule has 24 heteroatoms. The molecule has 11 nitrogen and oxygen atoms in total. The summed E-state index contributed by atoms with van der Waals surface area (Å²) in [7, 11) is -2.07. The fourth-order valence-electron chi connectivity index (χ4n) is 5.36. The number of phenols is 4. The fraction of sp³-hybridized carbons (Fsp3) is 0.250. The van der Waals surface area contributed by atoms with Gasteiger partial charge in [-0.2, -0.15) is 0 Å². The Hall–Kier alpha value is -1.30. The van der Waals surface area contributed by atoms with Gasteiger partial charge in [-0.15, -0.1) is 0 Å². The van der Waals surface area contributed by atoms with Crippen LogP contribution < -0.4 is 49.8 Å². The molecule has 0 atom stereocenters. The summed E-state index contributed by atoms with van der Waals surface area (Å²) in [6, 6.07) is 36.0. The molecule has 10 rings (SSSR count). The van der Waals surface area contributed by atoms with Crippen LogP contribution in [0.15, 0.2) is 239 Å². The van der Waals surface area contributed by atoms with Crippen molar-refractivity contribution in [1.82, 2.24) is 10.2 Å². The van der Waals surface area contributed by atoms with Gasteiger partial charge < -0.3 is 50.7 Å². The second-order valence-electron chi connectivity index (χ2n) is 15.7. The van der Waals surface area contributed by atoms with E-state index in [0.717, 1.165) is 54.1 Å². The van der Waals surface area contributed by atoms with Crippen LogP contribution in [0, 0.1) is 0 Å². The van der Waals surface area contributed by atoms with Crippen LogP contribution in [0.5, 0.6) is 34.5 Å². The second kappa shape index (κ2) is 64.4. The van der Waals surface area contributed by atoms with Crippen molar-refractivity contribution in [2.75, 3.05) is 72.5 Å². The Bertz CT molecular complexity index is 3410. The predicted molar refractivity (Wildman–Crippen MR) is 404 cm³/mol. The number of benzene rings is 8. The van der Waals surface area contributed by atoms with Gasteiger partial charge in [0.25, 0.3) is 0 Å². The zero-order chi connectivity index (χ0) is 78.7. The first-order chi connectivity index (χ1) is 48.2. The summed E-state index contributed by atoms with van der Waals surface area (Å²) < 4.78 is 136. The van der Waals surface area contributed by atoms with Gasteiger partial charge in [0, 0.05) is 65.4 Å². The molecule has 0 amide bonds. The molecule has 0 aromatic heterocycles. The van der Waals surface area contributed by atoms with E-state index in [9.17, 15) is 0 Å². The maximum atomic E-state index is 9.06. The van der Waals surface area contributed by atoms with Gasteiger partial charge in [-0.3, -0.25) is 4.90 Å². The van der Waals surface area contributed by atoms with Crippen molar-refractivity contribution < 1.29 is 98.3 Å². The van der Waals surface area contributed by atoms with Crippen molar-refractivity contribution in [2.24, 2.45) is 0 Å². The minimum Gasteiger partial charge on any atom is -0.870 e. The van der Waals surface area contributed by atoms with Crippen LogP contribution in [0.25, 0.3) is 0 Å². The van der Waals surface area contributed by atoms with Crippen molar-refractivity contribution in [3.8, 4) is 34.5 Å². The van der Waals surface area contributed by atoms with Gasteiger partial charge in [0.1, 0.15) is 41.1 Å². The Labute approximate surface area is 660 Å². The largest absolute Gasteiger partial charge is 1.00 e. The Kier molecular flexibility index (Phi) is 46.0. The minimum atomic E-state index is -2.07. The molecule has 2 aliphatic rings. The summed E-state index contributed by atoms with van der Waals surface area (Å²) in [4.78, 5) is 2.46. The molecule has 8 aromatic carbocycles. The quantitative estimate of drug-likeness (QED) is 0.0511. The van der Waals surface area contributed by atoms with Crippen LogP contribution >= 0.6 is 175 Å². The van der Waals surface area contributed by atoms with Gasteiger partial charge >= 0.3 is 36.7 Å². The van der Waals surface area contributed by atoms with E-state index in [4.69, 9.17) is 63.3 Å². The van der Waals surface area contributed by atoms with Crippen LogP contribution in [-0.2, 0) is 0 Å². The molecule has 0 unspecified atom stereocenters. The van der Waals surface area contributed by atoms with Crippen molar-refractivity contribution >= 4 is 188 Å². The number of likely N-dealkylation sites (tertiary alicyclic amines) is 1. The van der Waals surface area contributed by atoms with E-state index in [-0.39, 0.29) is 87.3 Å². The van der Waals surface area contributed by atoms with Crippen LogP contribution in [0.1, 0.15) is 49.0 Å². The summed E-state index contributed by atoms with van der Waals surface area (Å²) in [5.41, 5.74) is -0.504. The molecule has 88 heavy (non-hydrogen) atoms. The Morgan fingerprint density at radius 3 is 1.17 bits per heavy atom. The summed E-state index contributed by atoms with van der Waals surface area (Å²) >= 11 is 33.7. The molecular formula is C64H75BBr11N2NaO9. The molecule has 2 fully saturated rings. The van der Waals surface area contributed by atoms with E-state index in [0.29, 0.717) is 21.3 Å². The van der Waals surface area contributed by atoms with Gasteiger partial charge in [0.15, 0.2) is 0 Å². The zero-order valence-corrected chi connectivity index (χ0v) is 66.7. The number of alkyl halides is 5. The van der Waals surface area contributed by atoms with Gasteiger partial charge in [0.05, 0.1) is 24.4 Å². The van der Waals surface area contributed by atoms with Gasteiger partial charge in [0.2, 0.25) is 0 Å². The number of ether oxygens (including phenoxy) is 2. The van der Waals surface area contributed by atoms with E-state index in [2.05, 4.69) is 185 Å². The third-order valence-electron chi connectivity index (χ3n) is 9.15. The molecule has 0 saturated carbocycles. The molecule has 476 valence electrons. The molecule has 0 spiro atoms. The number of phenolic OH excluding ortho intramolecular Hbond substituents is 4. The van der Waals surface area contributed by atoms with Crippen molar-refractivity contribution in [1.29, 1.82) is 0 Å². The monoisotopic (exact) mass is 1930 g/mol. The predicted octanol–water partition coefficient (Wildman–Crippen LogP) is 16.6. The van der Waals surface area contributed by atoms with Crippen LogP contribution in [0.4, 0.5) is 0 Å². The first kappa shape index (κ1) is 62.8. The zero-order valence-electron chi connectivity index (χ0n) is 64.2. The van der Waals surface area contributed by atoms with E-state index >= 15 is 0 Å². The number of nitrogens with zero attached hydrogens (tertiary/aromatic N) is 1.